The van der Waals surface area contributed by atoms with Crippen molar-refractivity contribution in [2.75, 3.05) is 6.61 Å². The van der Waals surface area contributed by atoms with E-state index in [4.69, 9.17) is 4.74 Å². The summed E-state index contributed by atoms with van der Waals surface area (Å²) in [5.74, 6) is 1.07. The van der Waals surface area contributed by atoms with Crippen LogP contribution in [-0.2, 0) is 4.79 Å². The number of hydrogen-bond acceptors (Lipinski definition) is 4. The molecule has 5 nitrogen and oxygen atoms in total. The van der Waals surface area contributed by atoms with Crippen LogP contribution in [-0.4, -0.2) is 27.2 Å². The van der Waals surface area contributed by atoms with Gasteiger partial charge in [-0.25, -0.2) is 9.67 Å². The molecule has 0 radical (unpaired) electrons. The molecule has 2 rings (SSSR count). The third-order valence-electron chi connectivity index (χ3n) is 3.68. The van der Waals surface area contributed by atoms with Gasteiger partial charge in [0.1, 0.15) is 24.4 Å². The second kappa shape index (κ2) is 7.90. The van der Waals surface area contributed by atoms with Gasteiger partial charge in [0.25, 0.3) is 0 Å². The number of carbonyl (C=O) groups is 1. The largest absolute Gasteiger partial charge is 0.494 e. The van der Waals surface area contributed by atoms with Crippen LogP contribution in [0.2, 0.25) is 0 Å². The molecule has 23 heavy (non-hydrogen) atoms. The zero-order chi connectivity index (χ0) is 16.7. The van der Waals surface area contributed by atoms with Crippen molar-refractivity contribution in [3.8, 4) is 5.75 Å². The van der Waals surface area contributed by atoms with E-state index in [-0.39, 0.29) is 11.8 Å². The lowest BCUT2D eigenvalue weighted by Crippen LogP contribution is -2.31. The Hall–Kier alpha value is -2.17. The van der Waals surface area contributed by atoms with E-state index in [1.54, 1.807) is 11.0 Å². The molecule has 2 aromatic rings. The van der Waals surface area contributed by atoms with Gasteiger partial charge in [0.2, 0.25) is 0 Å². The molecule has 0 aliphatic rings. The number of carbonyl (C=O) groups excluding carboxylic acids is 1. The van der Waals surface area contributed by atoms with Gasteiger partial charge in [-0.3, -0.25) is 4.79 Å². The molecule has 1 unspecified atom stereocenters. The van der Waals surface area contributed by atoms with E-state index in [9.17, 15) is 4.79 Å². The molecule has 124 valence electrons. The van der Waals surface area contributed by atoms with Crippen LogP contribution < -0.4 is 4.74 Å². The number of ether oxygens (including phenoxy) is 1. The first-order chi connectivity index (χ1) is 11.0. The number of nitrogens with zero attached hydrogens (tertiary/aromatic N) is 3. The molecule has 0 aliphatic heterocycles. The van der Waals surface area contributed by atoms with Gasteiger partial charge in [0, 0.05) is 5.41 Å². The van der Waals surface area contributed by atoms with Crippen molar-refractivity contribution in [2.24, 2.45) is 5.41 Å². The van der Waals surface area contributed by atoms with Crippen molar-refractivity contribution in [3.05, 3.63) is 43.0 Å². The Morgan fingerprint density at radius 3 is 2.57 bits per heavy atom. The van der Waals surface area contributed by atoms with Crippen LogP contribution in [0.1, 0.15) is 46.1 Å². The molecule has 0 N–H and O–H groups in total. The van der Waals surface area contributed by atoms with Crippen LogP contribution in [0.5, 0.6) is 5.75 Å². The summed E-state index contributed by atoms with van der Waals surface area (Å²) in [6, 6.07) is 9.52. The van der Waals surface area contributed by atoms with Gasteiger partial charge in [-0.15, -0.1) is 0 Å². The molecule has 1 aromatic heterocycles. The second-order valence-electron chi connectivity index (χ2n) is 6.66. The summed E-state index contributed by atoms with van der Waals surface area (Å²) in [5.41, 5.74) is -0.392. The lowest BCUT2D eigenvalue weighted by molar-refractivity contribution is -0.130. The highest BCUT2D eigenvalue weighted by Crippen LogP contribution is 2.26. The van der Waals surface area contributed by atoms with Gasteiger partial charge < -0.3 is 4.74 Å². The van der Waals surface area contributed by atoms with Crippen molar-refractivity contribution in [1.29, 1.82) is 0 Å². The first kappa shape index (κ1) is 17.2. The number of Topliss-reactive ketones (excluding diaryl/α,β-unsaturated/α-hetero) is 1. The maximum atomic E-state index is 12.6. The maximum absolute atomic E-state index is 12.6. The van der Waals surface area contributed by atoms with E-state index < -0.39 is 5.41 Å². The standard InChI is InChI=1S/C18H25N3O2/c1-18(2,3)17(22)16(21-14-19-13-20-21)11-7-8-12-23-15-9-5-4-6-10-15/h4-6,9-10,13-14,16H,7-8,11-12H2,1-3H3. The summed E-state index contributed by atoms with van der Waals surface area (Å²) < 4.78 is 7.36. The molecule has 0 fully saturated rings. The van der Waals surface area contributed by atoms with Crippen molar-refractivity contribution < 1.29 is 9.53 Å². The van der Waals surface area contributed by atoms with E-state index in [0.717, 1.165) is 25.0 Å². The smallest absolute Gasteiger partial charge is 0.162 e. The number of rotatable bonds is 8. The Bertz CT molecular complexity index is 588. The van der Waals surface area contributed by atoms with Crippen LogP contribution in [0.4, 0.5) is 0 Å². The van der Waals surface area contributed by atoms with Crippen molar-refractivity contribution in [2.45, 2.75) is 46.1 Å². The quantitative estimate of drug-likeness (QED) is 0.697. The molecule has 0 saturated carbocycles. The SMILES string of the molecule is CC(C)(C)C(=O)C(CCCCOc1ccccc1)n1cncn1. The summed E-state index contributed by atoms with van der Waals surface area (Å²) in [7, 11) is 0. The molecule has 0 aliphatic carbocycles. The van der Waals surface area contributed by atoms with Crippen LogP contribution >= 0.6 is 0 Å². The Labute approximate surface area is 137 Å². The molecule has 0 amide bonds. The second-order valence-corrected chi connectivity index (χ2v) is 6.66. The first-order valence-electron chi connectivity index (χ1n) is 8.05. The lowest BCUT2D eigenvalue weighted by atomic mass is 9.85. The Morgan fingerprint density at radius 1 is 1.22 bits per heavy atom. The fourth-order valence-corrected chi connectivity index (χ4v) is 2.41. The number of aromatic nitrogens is 3. The summed E-state index contributed by atoms with van der Waals surface area (Å²) in [5, 5.41) is 4.15. The average molecular weight is 315 g/mol. The first-order valence-corrected chi connectivity index (χ1v) is 8.05. The number of unbranched alkanes of at least 4 members (excludes halogenated alkanes) is 1. The molecular formula is C18H25N3O2. The van der Waals surface area contributed by atoms with Gasteiger partial charge in [-0.1, -0.05) is 39.0 Å². The zero-order valence-corrected chi connectivity index (χ0v) is 14.1. The summed E-state index contributed by atoms with van der Waals surface area (Å²) >= 11 is 0. The van der Waals surface area contributed by atoms with Crippen molar-refractivity contribution in [3.63, 3.8) is 0 Å². The van der Waals surface area contributed by atoms with Crippen molar-refractivity contribution in [1.82, 2.24) is 14.8 Å². The number of hydrogen-bond donors (Lipinski definition) is 0. The number of benzene rings is 1. The Balaban J connectivity index is 1.83. The Morgan fingerprint density at radius 2 is 1.96 bits per heavy atom. The van der Waals surface area contributed by atoms with Crippen LogP contribution in [0.25, 0.3) is 0 Å². The fourth-order valence-electron chi connectivity index (χ4n) is 2.41. The minimum atomic E-state index is -0.392. The highest BCUT2D eigenvalue weighted by atomic mass is 16.5. The summed E-state index contributed by atoms with van der Waals surface area (Å²) in [6.07, 6.45) is 5.64. The zero-order valence-electron chi connectivity index (χ0n) is 14.1. The predicted molar refractivity (Wildman–Crippen MR) is 89.3 cm³/mol. The van der Waals surface area contributed by atoms with E-state index in [1.165, 1.54) is 6.33 Å². The highest BCUT2D eigenvalue weighted by molar-refractivity contribution is 5.87. The normalized spacial score (nSPS) is 12.8. The van der Waals surface area contributed by atoms with E-state index in [2.05, 4.69) is 10.1 Å². The van der Waals surface area contributed by atoms with Gasteiger partial charge >= 0.3 is 0 Å². The minimum absolute atomic E-state index is 0.187. The Kier molecular flexibility index (Phi) is 5.90. The molecular weight excluding hydrogens is 290 g/mol. The number of ketones is 1. The molecule has 1 atom stereocenters. The molecule has 5 heteroatoms. The molecule has 0 bridgehead atoms. The summed E-state index contributed by atoms with van der Waals surface area (Å²) in [6.45, 7) is 6.48. The maximum Gasteiger partial charge on any atom is 0.162 e. The van der Waals surface area contributed by atoms with Crippen molar-refractivity contribution >= 4 is 5.78 Å². The minimum Gasteiger partial charge on any atom is -0.494 e. The van der Waals surface area contributed by atoms with Gasteiger partial charge in [0.15, 0.2) is 5.78 Å². The lowest BCUT2D eigenvalue weighted by Gasteiger charge is -2.24. The monoisotopic (exact) mass is 315 g/mol. The molecule has 1 heterocycles. The van der Waals surface area contributed by atoms with Gasteiger partial charge in [-0.05, 0) is 31.4 Å². The highest BCUT2D eigenvalue weighted by Gasteiger charge is 2.30. The number of para-hydroxylation sites is 1. The topological polar surface area (TPSA) is 57.0 Å². The third-order valence-corrected chi connectivity index (χ3v) is 3.68. The summed E-state index contributed by atoms with van der Waals surface area (Å²) in [4.78, 5) is 16.6. The molecule has 0 spiro atoms. The third kappa shape index (κ3) is 5.20. The predicted octanol–water partition coefficient (Wildman–Crippen LogP) is 3.68. The van der Waals surface area contributed by atoms with E-state index >= 15 is 0 Å². The fraction of sp³-hybridized carbons (Fsp3) is 0.500. The van der Waals surface area contributed by atoms with Crippen LogP contribution in [0, 0.1) is 5.41 Å². The van der Waals surface area contributed by atoms with E-state index in [1.807, 2.05) is 51.1 Å². The van der Waals surface area contributed by atoms with Gasteiger partial charge in [0.05, 0.1) is 6.61 Å². The molecule has 0 saturated heterocycles. The van der Waals surface area contributed by atoms with Crippen LogP contribution in [0.15, 0.2) is 43.0 Å². The van der Waals surface area contributed by atoms with Crippen LogP contribution in [0.3, 0.4) is 0 Å². The molecule has 1 aromatic carbocycles. The average Bonchev–Trinajstić information content (AvgIpc) is 3.04. The van der Waals surface area contributed by atoms with E-state index in [0.29, 0.717) is 6.61 Å². The van der Waals surface area contributed by atoms with Gasteiger partial charge in [-0.2, -0.15) is 5.10 Å².